The highest BCUT2D eigenvalue weighted by molar-refractivity contribution is 5.53. The smallest absolute Gasteiger partial charge is 0.426 e. The Morgan fingerprint density at radius 1 is 1.15 bits per heavy atom. The van der Waals surface area contributed by atoms with Crippen molar-refractivity contribution >= 4 is 0 Å². The van der Waals surface area contributed by atoms with Gasteiger partial charge >= 0.3 is 6.18 Å². The highest BCUT2D eigenvalue weighted by Crippen LogP contribution is 2.42. The second kappa shape index (κ2) is 6.57. The molecule has 0 saturated heterocycles. The molecule has 0 amide bonds. The zero-order chi connectivity index (χ0) is 19.0. The van der Waals surface area contributed by atoms with Crippen LogP contribution in [-0.4, -0.2) is 34.5 Å². The van der Waals surface area contributed by atoms with Crippen LogP contribution in [0.2, 0.25) is 0 Å². The summed E-state index contributed by atoms with van der Waals surface area (Å²) in [5.74, 6) is -0.489. The number of benzene rings is 1. The van der Waals surface area contributed by atoms with Gasteiger partial charge in [-0.1, -0.05) is 23.4 Å². The van der Waals surface area contributed by atoms with Gasteiger partial charge in [0.15, 0.2) is 0 Å². The van der Waals surface area contributed by atoms with Gasteiger partial charge in [-0.2, -0.15) is 18.2 Å². The molecule has 0 bridgehead atoms. The Kier molecular flexibility index (Phi) is 4.21. The largest absolute Gasteiger partial charge is 0.481 e. The third-order valence-corrected chi connectivity index (χ3v) is 4.32. The van der Waals surface area contributed by atoms with Crippen molar-refractivity contribution in [3.8, 4) is 23.0 Å². The molecule has 0 fully saturated rings. The van der Waals surface area contributed by atoms with Gasteiger partial charge in [-0.05, 0) is 24.1 Å². The lowest BCUT2D eigenvalue weighted by atomic mass is 9.90. The topological polar surface area (TPSA) is 70.3 Å². The van der Waals surface area contributed by atoms with Crippen LogP contribution in [0.1, 0.15) is 17.4 Å². The van der Waals surface area contributed by atoms with Gasteiger partial charge in [-0.25, -0.2) is 4.98 Å². The van der Waals surface area contributed by atoms with Crippen LogP contribution < -0.4 is 9.47 Å². The minimum atomic E-state index is -4.57. The number of ether oxygens (including phenoxy) is 2. The number of para-hydroxylation sites is 1. The maximum Gasteiger partial charge on any atom is 0.426 e. The lowest BCUT2D eigenvalue weighted by molar-refractivity contribution is -0.206. The van der Waals surface area contributed by atoms with Crippen LogP contribution in [0.25, 0.3) is 11.4 Å². The van der Waals surface area contributed by atoms with Crippen LogP contribution in [0.3, 0.4) is 0 Å². The molecule has 0 unspecified atom stereocenters. The average molecular weight is 377 g/mol. The number of hydrogen-bond donors (Lipinski definition) is 0. The zero-order valence-electron chi connectivity index (χ0n) is 14.1. The van der Waals surface area contributed by atoms with E-state index in [1.54, 1.807) is 30.3 Å². The summed E-state index contributed by atoms with van der Waals surface area (Å²) >= 11 is 0. The highest BCUT2D eigenvalue weighted by atomic mass is 19.4. The number of pyridine rings is 1. The number of nitrogens with zero attached hydrogens (tertiary/aromatic N) is 3. The number of rotatable bonds is 3. The van der Waals surface area contributed by atoms with Crippen molar-refractivity contribution in [2.24, 2.45) is 0 Å². The Balaban J connectivity index is 1.67. The van der Waals surface area contributed by atoms with E-state index in [9.17, 15) is 13.2 Å². The number of alkyl halides is 3. The first-order valence-electron chi connectivity index (χ1n) is 8.11. The quantitative estimate of drug-likeness (QED) is 0.692. The van der Waals surface area contributed by atoms with Gasteiger partial charge in [0.1, 0.15) is 5.75 Å². The summed E-state index contributed by atoms with van der Waals surface area (Å²) in [4.78, 5) is 8.19. The van der Waals surface area contributed by atoms with Crippen molar-refractivity contribution in [2.75, 3.05) is 7.11 Å². The third-order valence-electron chi connectivity index (χ3n) is 4.32. The molecule has 4 rings (SSSR count). The van der Waals surface area contributed by atoms with Crippen LogP contribution in [0, 0.1) is 0 Å². The summed E-state index contributed by atoms with van der Waals surface area (Å²) in [6, 6.07) is 9.87. The second-order valence-electron chi connectivity index (χ2n) is 6.04. The molecule has 3 heterocycles. The summed E-state index contributed by atoms with van der Waals surface area (Å²) in [6.07, 6.45) is -5.09. The van der Waals surface area contributed by atoms with E-state index in [1.165, 1.54) is 19.4 Å². The maximum atomic E-state index is 13.5. The molecule has 0 saturated carbocycles. The van der Waals surface area contributed by atoms with Crippen LogP contribution in [0.5, 0.6) is 11.6 Å². The van der Waals surface area contributed by atoms with E-state index in [4.69, 9.17) is 14.0 Å². The van der Waals surface area contributed by atoms with E-state index in [0.29, 0.717) is 17.0 Å². The van der Waals surface area contributed by atoms with E-state index in [0.717, 1.165) is 0 Å². The molecule has 1 aromatic carbocycles. The molecule has 1 aliphatic rings. The Morgan fingerprint density at radius 3 is 2.67 bits per heavy atom. The van der Waals surface area contributed by atoms with E-state index in [2.05, 4.69) is 15.1 Å². The van der Waals surface area contributed by atoms with Crippen molar-refractivity contribution in [1.82, 2.24) is 15.1 Å². The standard InChI is InChI=1S/C18H14F3N3O3/c1-25-14-7-6-11(9-22-14)16-23-17(27-24-16)12-8-10-4-2-3-5-13(10)26-15(12)18(19,20)21/h2-7,9,12,15H,8H2,1H3/t12-,15-/m1/s1. The number of aromatic nitrogens is 3. The van der Waals surface area contributed by atoms with Crippen molar-refractivity contribution < 1.29 is 27.2 Å². The minimum Gasteiger partial charge on any atom is -0.481 e. The van der Waals surface area contributed by atoms with Gasteiger partial charge in [0, 0.05) is 17.8 Å². The van der Waals surface area contributed by atoms with E-state index < -0.39 is 18.2 Å². The summed E-state index contributed by atoms with van der Waals surface area (Å²) in [5, 5.41) is 3.80. The molecular weight excluding hydrogens is 363 g/mol. The Bertz CT molecular complexity index is 941. The van der Waals surface area contributed by atoms with E-state index in [-0.39, 0.29) is 23.9 Å². The van der Waals surface area contributed by atoms with Crippen molar-refractivity contribution in [2.45, 2.75) is 24.6 Å². The molecular formula is C18H14F3N3O3. The van der Waals surface area contributed by atoms with Crippen LogP contribution in [0.15, 0.2) is 47.1 Å². The fourth-order valence-corrected chi connectivity index (χ4v) is 3.00. The summed E-state index contributed by atoms with van der Waals surface area (Å²) in [7, 11) is 1.48. The van der Waals surface area contributed by atoms with Crippen LogP contribution >= 0.6 is 0 Å². The van der Waals surface area contributed by atoms with Crippen LogP contribution in [-0.2, 0) is 6.42 Å². The van der Waals surface area contributed by atoms with Gasteiger partial charge in [0.05, 0.1) is 13.0 Å². The molecule has 6 nitrogen and oxygen atoms in total. The van der Waals surface area contributed by atoms with Gasteiger partial charge in [0.2, 0.25) is 23.7 Å². The molecule has 3 aromatic rings. The first-order chi connectivity index (χ1) is 13.0. The predicted octanol–water partition coefficient (Wildman–Crippen LogP) is 3.79. The van der Waals surface area contributed by atoms with E-state index in [1.807, 2.05) is 0 Å². The molecule has 0 N–H and O–H groups in total. The summed E-state index contributed by atoms with van der Waals surface area (Å²) < 4.78 is 56.0. The predicted molar refractivity (Wildman–Crippen MR) is 87.4 cm³/mol. The zero-order valence-corrected chi connectivity index (χ0v) is 14.1. The van der Waals surface area contributed by atoms with Gasteiger partial charge < -0.3 is 14.0 Å². The Morgan fingerprint density at radius 2 is 1.96 bits per heavy atom. The second-order valence-corrected chi connectivity index (χ2v) is 6.04. The molecule has 0 radical (unpaired) electrons. The van der Waals surface area contributed by atoms with Gasteiger partial charge in [-0.15, -0.1) is 0 Å². The van der Waals surface area contributed by atoms with E-state index >= 15 is 0 Å². The molecule has 2 aromatic heterocycles. The monoisotopic (exact) mass is 377 g/mol. The third kappa shape index (κ3) is 3.32. The summed E-state index contributed by atoms with van der Waals surface area (Å²) in [6.45, 7) is 0. The number of methoxy groups -OCH3 is 1. The highest BCUT2D eigenvalue weighted by Gasteiger charge is 2.51. The Labute approximate surface area is 151 Å². The lowest BCUT2D eigenvalue weighted by Crippen LogP contribution is -2.43. The van der Waals surface area contributed by atoms with Crippen molar-refractivity contribution in [1.29, 1.82) is 0 Å². The normalized spacial score (nSPS) is 19.3. The molecule has 0 spiro atoms. The van der Waals surface area contributed by atoms with Crippen LogP contribution in [0.4, 0.5) is 13.2 Å². The molecule has 140 valence electrons. The molecule has 27 heavy (non-hydrogen) atoms. The average Bonchev–Trinajstić information content (AvgIpc) is 3.16. The minimum absolute atomic E-state index is 0.0862. The number of halogens is 3. The lowest BCUT2D eigenvalue weighted by Gasteiger charge is -2.32. The molecule has 9 heteroatoms. The molecule has 0 aliphatic carbocycles. The summed E-state index contributed by atoms with van der Waals surface area (Å²) in [5.41, 5.74) is 1.17. The maximum absolute atomic E-state index is 13.5. The number of hydrogen-bond acceptors (Lipinski definition) is 6. The fourth-order valence-electron chi connectivity index (χ4n) is 3.00. The van der Waals surface area contributed by atoms with Gasteiger partial charge in [0.25, 0.3) is 0 Å². The first kappa shape index (κ1) is 17.3. The SMILES string of the molecule is COc1ccc(-c2noc([C@@H]3Cc4ccccc4O[C@H]3C(F)(F)F)n2)cn1. The molecule has 1 aliphatic heterocycles. The van der Waals surface area contributed by atoms with Crippen molar-refractivity contribution in [3.63, 3.8) is 0 Å². The Hall–Kier alpha value is -3.10. The molecule has 2 atom stereocenters. The number of fused-ring (bicyclic) bond motifs is 1. The fraction of sp³-hybridized carbons (Fsp3) is 0.278. The first-order valence-corrected chi connectivity index (χ1v) is 8.11. The van der Waals surface area contributed by atoms with Crippen molar-refractivity contribution in [3.05, 3.63) is 54.0 Å². The van der Waals surface area contributed by atoms with Gasteiger partial charge in [-0.3, -0.25) is 0 Å².